The summed E-state index contributed by atoms with van der Waals surface area (Å²) in [4.78, 5) is 22.5. The fraction of sp³-hybridized carbons (Fsp3) is 0.846. The molecule has 130 valence electrons. The molecule has 0 aromatic rings. The second-order valence-corrected chi connectivity index (χ2v) is 6.88. The van der Waals surface area contributed by atoms with Crippen LogP contribution in [0.25, 0.3) is 0 Å². The Morgan fingerprint density at radius 2 is 1.82 bits per heavy atom. The summed E-state index contributed by atoms with van der Waals surface area (Å²) >= 11 is 1.22. The van der Waals surface area contributed by atoms with Gasteiger partial charge in [0.2, 0.25) is 0 Å². The van der Waals surface area contributed by atoms with Crippen LogP contribution in [0.1, 0.15) is 40.0 Å². The first-order chi connectivity index (χ1) is 9.91. The second kappa shape index (κ2) is 9.12. The number of hydrogen-bond acceptors (Lipinski definition) is 4. The molecule has 0 bridgehead atoms. The molecule has 0 unspecified atom stereocenters. The van der Waals surface area contributed by atoms with Crippen LogP contribution < -0.4 is 5.32 Å². The van der Waals surface area contributed by atoms with Crippen molar-refractivity contribution in [3.63, 3.8) is 0 Å². The minimum atomic E-state index is -4.16. The van der Waals surface area contributed by atoms with Gasteiger partial charge in [0, 0.05) is 6.42 Å². The van der Waals surface area contributed by atoms with Crippen LogP contribution in [0.2, 0.25) is 0 Å². The number of carbonyl (C=O) groups excluding carboxylic acids is 1. The van der Waals surface area contributed by atoms with Gasteiger partial charge < -0.3 is 15.2 Å². The summed E-state index contributed by atoms with van der Waals surface area (Å²) in [6.07, 6.45) is -5.74. The quantitative estimate of drug-likeness (QED) is 0.659. The SMILES string of the molecule is CC(C)(C)OC(=O)N[C@@H](CCSCCCC(F)(F)F)C(=O)O. The Morgan fingerprint density at radius 1 is 1.23 bits per heavy atom. The lowest BCUT2D eigenvalue weighted by Gasteiger charge is -2.21. The molecule has 2 N–H and O–H groups in total. The number of amides is 1. The van der Waals surface area contributed by atoms with Crippen LogP contribution in [-0.4, -0.2) is 46.5 Å². The van der Waals surface area contributed by atoms with Crippen LogP contribution in [0, 0.1) is 0 Å². The normalized spacial score (nSPS) is 13.5. The number of hydrogen-bond donors (Lipinski definition) is 2. The molecule has 0 rings (SSSR count). The molecule has 1 atom stereocenters. The van der Waals surface area contributed by atoms with Gasteiger partial charge in [-0.25, -0.2) is 9.59 Å². The largest absolute Gasteiger partial charge is 0.480 e. The molecule has 0 aromatic carbocycles. The molecule has 0 radical (unpaired) electrons. The predicted molar refractivity (Wildman–Crippen MR) is 78.0 cm³/mol. The molecule has 0 saturated carbocycles. The zero-order valence-electron chi connectivity index (χ0n) is 12.8. The van der Waals surface area contributed by atoms with E-state index in [2.05, 4.69) is 5.32 Å². The number of aliphatic carboxylic acids is 1. The summed E-state index contributed by atoms with van der Waals surface area (Å²) in [6, 6.07) is -1.12. The number of alkyl halides is 3. The standard InChI is InChI=1S/C13H22F3NO4S/c1-12(2,3)21-11(20)17-9(10(18)19)5-8-22-7-4-6-13(14,15)16/h9H,4-8H2,1-3H3,(H,17,20)(H,18,19)/t9-/m0/s1. The number of rotatable bonds is 8. The lowest BCUT2D eigenvalue weighted by atomic mass is 10.2. The fourth-order valence-corrected chi connectivity index (χ4v) is 2.34. The summed E-state index contributed by atoms with van der Waals surface area (Å²) < 4.78 is 40.7. The summed E-state index contributed by atoms with van der Waals surface area (Å²) in [6.45, 7) is 4.95. The zero-order chi connectivity index (χ0) is 17.4. The van der Waals surface area contributed by atoms with Gasteiger partial charge in [-0.15, -0.1) is 0 Å². The molecule has 0 aliphatic heterocycles. The number of ether oxygens (including phenoxy) is 1. The lowest BCUT2D eigenvalue weighted by Crippen LogP contribution is -2.43. The molecular weight excluding hydrogens is 323 g/mol. The van der Waals surface area contributed by atoms with Crippen molar-refractivity contribution in [2.24, 2.45) is 0 Å². The summed E-state index contributed by atoms with van der Waals surface area (Å²) in [5.41, 5.74) is -0.737. The Balaban J connectivity index is 4.01. The first-order valence-electron chi connectivity index (χ1n) is 6.77. The van der Waals surface area contributed by atoms with E-state index in [1.54, 1.807) is 20.8 Å². The van der Waals surface area contributed by atoms with Gasteiger partial charge in [-0.1, -0.05) is 0 Å². The highest BCUT2D eigenvalue weighted by molar-refractivity contribution is 7.99. The van der Waals surface area contributed by atoms with Crippen LogP contribution in [0.4, 0.5) is 18.0 Å². The number of halogens is 3. The van der Waals surface area contributed by atoms with Crippen LogP contribution in [0.3, 0.4) is 0 Å². The molecule has 9 heteroatoms. The Labute approximate surface area is 132 Å². The van der Waals surface area contributed by atoms with E-state index in [0.717, 1.165) is 0 Å². The second-order valence-electron chi connectivity index (χ2n) is 5.66. The van der Waals surface area contributed by atoms with E-state index in [1.807, 2.05) is 0 Å². The average molecular weight is 345 g/mol. The lowest BCUT2D eigenvalue weighted by molar-refractivity contribution is -0.139. The van der Waals surface area contributed by atoms with Gasteiger partial charge >= 0.3 is 18.2 Å². The summed E-state index contributed by atoms with van der Waals surface area (Å²) in [5, 5.41) is 11.2. The van der Waals surface area contributed by atoms with Gasteiger partial charge in [0.25, 0.3) is 0 Å². The van der Waals surface area contributed by atoms with Crippen LogP contribution in [-0.2, 0) is 9.53 Å². The van der Waals surface area contributed by atoms with Crippen LogP contribution in [0.5, 0.6) is 0 Å². The smallest absolute Gasteiger partial charge is 0.408 e. The van der Waals surface area contributed by atoms with E-state index < -0.39 is 36.3 Å². The highest BCUT2D eigenvalue weighted by Gasteiger charge is 2.26. The minimum Gasteiger partial charge on any atom is -0.480 e. The Morgan fingerprint density at radius 3 is 2.27 bits per heavy atom. The van der Waals surface area contributed by atoms with Crippen molar-refractivity contribution in [2.75, 3.05) is 11.5 Å². The first-order valence-corrected chi connectivity index (χ1v) is 7.93. The van der Waals surface area contributed by atoms with Crippen LogP contribution in [0.15, 0.2) is 0 Å². The maximum atomic E-state index is 11.9. The van der Waals surface area contributed by atoms with Gasteiger partial charge in [0.15, 0.2) is 0 Å². The van der Waals surface area contributed by atoms with Gasteiger partial charge in [-0.2, -0.15) is 24.9 Å². The molecule has 0 fully saturated rings. The van der Waals surface area contributed by atoms with E-state index in [4.69, 9.17) is 9.84 Å². The van der Waals surface area contributed by atoms with Gasteiger partial charge in [-0.3, -0.25) is 0 Å². The van der Waals surface area contributed by atoms with Crippen molar-refractivity contribution in [2.45, 2.75) is 57.9 Å². The third kappa shape index (κ3) is 12.6. The molecule has 0 spiro atoms. The van der Waals surface area contributed by atoms with Crippen molar-refractivity contribution < 1.29 is 32.6 Å². The monoisotopic (exact) mass is 345 g/mol. The topological polar surface area (TPSA) is 75.6 Å². The number of carboxylic acids is 1. The van der Waals surface area contributed by atoms with Gasteiger partial charge in [0.05, 0.1) is 0 Å². The van der Waals surface area contributed by atoms with E-state index in [1.165, 1.54) is 11.8 Å². The fourth-order valence-electron chi connectivity index (χ4n) is 1.39. The van der Waals surface area contributed by atoms with E-state index in [-0.39, 0.29) is 18.6 Å². The van der Waals surface area contributed by atoms with Crippen molar-refractivity contribution in [1.82, 2.24) is 5.32 Å². The maximum Gasteiger partial charge on any atom is 0.408 e. The molecule has 0 aliphatic rings. The van der Waals surface area contributed by atoms with Crippen molar-refractivity contribution in [3.8, 4) is 0 Å². The molecule has 0 aliphatic carbocycles. The Bertz CT molecular complexity index is 369. The number of carboxylic acid groups (broad SMARTS) is 1. The third-order valence-electron chi connectivity index (χ3n) is 2.29. The van der Waals surface area contributed by atoms with Crippen molar-refractivity contribution >= 4 is 23.8 Å². The zero-order valence-corrected chi connectivity index (χ0v) is 13.6. The number of nitrogens with one attached hydrogen (secondary N) is 1. The predicted octanol–water partition coefficient (Wildman–Crippen LogP) is 3.43. The number of thioether (sulfide) groups is 1. The highest BCUT2D eigenvalue weighted by atomic mass is 32.2. The van der Waals surface area contributed by atoms with E-state index in [0.29, 0.717) is 5.75 Å². The van der Waals surface area contributed by atoms with Crippen molar-refractivity contribution in [3.05, 3.63) is 0 Å². The summed E-state index contributed by atoms with van der Waals surface area (Å²) in [7, 11) is 0. The van der Waals surface area contributed by atoms with Crippen LogP contribution >= 0.6 is 11.8 Å². The van der Waals surface area contributed by atoms with Crippen molar-refractivity contribution in [1.29, 1.82) is 0 Å². The number of carbonyl (C=O) groups is 2. The minimum absolute atomic E-state index is 0.00853. The van der Waals surface area contributed by atoms with E-state index in [9.17, 15) is 22.8 Å². The Hall–Kier alpha value is -1.12. The molecular formula is C13H22F3NO4S. The molecule has 0 aromatic heterocycles. The first kappa shape index (κ1) is 20.9. The van der Waals surface area contributed by atoms with E-state index >= 15 is 0 Å². The highest BCUT2D eigenvalue weighted by Crippen LogP contribution is 2.22. The summed E-state index contributed by atoms with van der Waals surface area (Å²) in [5.74, 6) is -0.579. The average Bonchev–Trinajstić information content (AvgIpc) is 2.27. The molecule has 0 saturated heterocycles. The number of alkyl carbamates (subject to hydrolysis) is 1. The molecule has 5 nitrogen and oxygen atoms in total. The Kier molecular flexibility index (Phi) is 8.65. The van der Waals surface area contributed by atoms with Gasteiger partial charge in [0.1, 0.15) is 11.6 Å². The molecule has 1 amide bonds. The van der Waals surface area contributed by atoms with Gasteiger partial charge in [-0.05, 0) is 45.1 Å². The molecule has 22 heavy (non-hydrogen) atoms. The third-order valence-corrected chi connectivity index (χ3v) is 3.39. The molecule has 0 heterocycles. The maximum absolute atomic E-state index is 11.9.